The Balaban J connectivity index is 0.00000180. The van der Waals surface area contributed by atoms with Crippen molar-refractivity contribution in [2.75, 3.05) is 19.6 Å². The third-order valence-corrected chi connectivity index (χ3v) is 4.55. The van der Waals surface area contributed by atoms with Crippen LogP contribution < -0.4 is 5.32 Å². The van der Waals surface area contributed by atoms with Gasteiger partial charge in [-0.05, 0) is 44.1 Å². The van der Waals surface area contributed by atoms with Gasteiger partial charge in [0.05, 0.1) is 6.04 Å². The van der Waals surface area contributed by atoms with E-state index >= 15 is 0 Å². The summed E-state index contributed by atoms with van der Waals surface area (Å²) in [6, 6.07) is 0.0997. The number of hydrogen-bond donors (Lipinski definition) is 1. The van der Waals surface area contributed by atoms with Gasteiger partial charge in [0.15, 0.2) is 0 Å². The molecule has 1 N–H and O–H groups in total. The molecule has 0 aromatic heterocycles. The fourth-order valence-corrected chi connectivity index (χ4v) is 3.59. The molecule has 0 aromatic rings. The number of likely N-dealkylation sites (tertiary alicyclic amines) is 1. The average molecular weight is 289 g/mol. The van der Waals surface area contributed by atoms with Crippen molar-refractivity contribution >= 4 is 18.3 Å². The summed E-state index contributed by atoms with van der Waals surface area (Å²) in [5, 5.41) is 3.38. The number of nitrogens with zero attached hydrogens (tertiary/aromatic N) is 1. The van der Waals surface area contributed by atoms with Crippen LogP contribution in [0.4, 0.5) is 0 Å². The number of rotatable bonds is 3. The van der Waals surface area contributed by atoms with Crippen molar-refractivity contribution in [2.45, 2.75) is 64.8 Å². The summed E-state index contributed by atoms with van der Waals surface area (Å²) in [5.74, 6) is 0.358. The largest absolute Gasteiger partial charge is 0.341 e. The van der Waals surface area contributed by atoms with Gasteiger partial charge in [0.2, 0.25) is 5.91 Å². The van der Waals surface area contributed by atoms with Crippen LogP contribution in [0.2, 0.25) is 0 Å². The Morgan fingerprint density at radius 1 is 1.37 bits per heavy atom. The molecule has 0 bridgehead atoms. The monoisotopic (exact) mass is 288 g/mol. The molecule has 4 heteroatoms. The van der Waals surface area contributed by atoms with Gasteiger partial charge >= 0.3 is 0 Å². The van der Waals surface area contributed by atoms with Crippen molar-refractivity contribution in [3.8, 4) is 0 Å². The van der Waals surface area contributed by atoms with Crippen LogP contribution >= 0.6 is 12.4 Å². The van der Waals surface area contributed by atoms with E-state index in [1.807, 2.05) is 0 Å². The lowest BCUT2D eigenvalue weighted by Crippen LogP contribution is -2.53. The lowest BCUT2D eigenvalue weighted by atomic mass is 9.78. The number of carbonyl (C=O) groups excluding carboxylic acids is 1. The van der Waals surface area contributed by atoms with Crippen LogP contribution in [0.15, 0.2) is 0 Å². The quantitative estimate of drug-likeness (QED) is 0.866. The maximum atomic E-state index is 12.5. The first kappa shape index (κ1) is 16.8. The molecular formula is C15H29ClN2O. The van der Waals surface area contributed by atoms with E-state index in [1.54, 1.807) is 0 Å². The Morgan fingerprint density at radius 3 is 2.79 bits per heavy atom. The zero-order chi connectivity index (χ0) is 13.0. The Kier molecular flexibility index (Phi) is 6.61. The van der Waals surface area contributed by atoms with Gasteiger partial charge in [0.1, 0.15) is 0 Å². The van der Waals surface area contributed by atoms with Gasteiger partial charge in [0, 0.05) is 13.1 Å². The zero-order valence-corrected chi connectivity index (χ0v) is 13.2. The molecule has 2 unspecified atom stereocenters. The lowest BCUT2D eigenvalue weighted by Gasteiger charge is -2.42. The summed E-state index contributed by atoms with van der Waals surface area (Å²) in [4.78, 5) is 14.6. The summed E-state index contributed by atoms with van der Waals surface area (Å²) < 4.78 is 0. The topological polar surface area (TPSA) is 32.3 Å². The van der Waals surface area contributed by atoms with Crippen molar-refractivity contribution in [3.05, 3.63) is 0 Å². The molecule has 19 heavy (non-hydrogen) atoms. The van der Waals surface area contributed by atoms with Crippen molar-refractivity contribution < 1.29 is 4.79 Å². The smallest absolute Gasteiger partial charge is 0.239 e. The Hall–Kier alpha value is -0.280. The van der Waals surface area contributed by atoms with E-state index < -0.39 is 0 Å². The molecule has 0 aliphatic carbocycles. The summed E-state index contributed by atoms with van der Waals surface area (Å²) in [7, 11) is 0. The van der Waals surface area contributed by atoms with E-state index in [9.17, 15) is 4.79 Å². The van der Waals surface area contributed by atoms with Crippen molar-refractivity contribution in [1.29, 1.82) is 0 Å². The first-order chi connectivity index (χ1) is 8.64. The van der Waals surface area contributed by atoms with Crippen LogP contribution in [0.5, 0.6) is 0 Å². The molecule has 2 aliphatic heterocycles. The van der Waals surface area contributed by atoms with E-state index in [1.165, 1.54) is 38.5 Å². The number of halogens is 1. The van der Waals surface area contributed by atoms with Crippen LogP contribution in [0, 0.1) is 5.41 Å². The molecular weight excluding hydrogens is 260 g/mol. The predicted octanol–water partition coefficient (Wildman–Crippen LogP) is 2.98. The van der Waals surface area contributed by atoms with Gasteiger partial charge in [-0.1, -0.05) is 26.7 Å². The summed E-state index contributed by atoms with van der Waals surface area (Å²) >= 11 is 0. The minimum absolute atomic E-state index is 0. The Morgan fingerprint density at radius 2 is 2.16 bits per heavy atom. The predicted molar refractivity (Wildman–Crippen MR) is 81.7 cm³/mol. The molecule has 2 aliphatic rings. The van der Waals surface area contributed by atoms with Crippen LogP contribution in [-0.2, 0) is 4.79 Å². The van der Waals surface area contributed by atoms with E-state index in [4.69, 9.17) is 0 Å². The fraction of sp³-hybridized carbons (Fsp3) is 0.933. The van der Waals surface area contributed by atoms with E-state index in [0.717, 1.165) is 26.1 Å². The Bertz CT molecular complexity index is 288. The molecule has 2 atom stereocenters. The number of amides is 1. The van der Waals surface area contributed by atoms with Crippen LogP contribution in [0.25, 0.3) is 0 Å². The maximum absolute atomic E-state index is 12.5. The van der Waals surface area contributed by atoms with E-state index in [0.29, 0.717) is 11.3 Å². The molecule has 0 spiro atoms. The number of hydrogen-bond acceptors (Lipinski definition) is 2. The van der Waals surface area contributed by atoms with Crippen molar-refractivity contribution in [1.82, 2.24) is 10.2 Å². The van der Waals surface area contributed by atoms with E-state index in [-0.39, 0.29) is 18.4 Å². The van der Waals surface area contributed by atoms with Gasteiger partial charge in [0.25, 0.3) is 0 Å². The van der Waals surface area contributed by atoms with Gasteiger partial charge in [-0.3, -0.25) is 4.79 Å². The molecule has 0 radical (unpaired) electrons. The highest BCUT2D eigenvalue weighted by atomic mass is 35.5. The number of nitrogens with one attached hydrogen (secondary N) is 1. The molecule has 3 nitrogen and oxygen atoms in total. The molecule has 1 amide bonds. The second kappa shape index (κ2) is 7.49. The first-order valence-corrected chi connectivity index (χ1v) is 7.67. The maximum Gasteiger partial charge on any atom is 0.239 e. The molecule has 2 saturated heterocycles. The van der Waals surface area contributed by atoms with Crippen LogP contribution in [0.3, 0.4) is 0 Å². The highest BCUT2D eigenvalue weighted by Gasteiger charge is 2.34. The standard InChI is InChI=1S/C15H28N2O.ClH/c1-3-8-15(2)9-6-11-17(12-15)14(18)13-7-4-5-10-16-13;/h13,16H,3-12H2,1-2H3;1H. The normalized spacial score (nSPS) is 31.7. The lowest BCUT2D eigenvalue weighted by molar-refractivity contribution is -0.137. The number of carbonyl (C=O) groups is 1. The van der Waals surface area contributed by atoms with Crippen molar-refractivity contribution in [2.24, 2.45) is 5.41 Å². The fourth-order valence-electron chi connectivity index (χ4n) is 3.59. The summed E-state index contributed by atoms with van der Waals surface area (Å²) in [6.07, 6.45) is 8.37. The van der Waals surface area contributed by atoms with Crippen LogP contribution in [0.1, 0.15) is 58.8 Å². The average Bonchev–Trinajstić information content (AvgIpc) is 2.39. The second-order valence-electron chi connectivity index (χ2n) is 6.43. The number of piperidine rings is 2. The SMILES string of the molecule is CCCC1(C)CCCN(C(=O)C2CCCCN2)C1.Cl. The first-order valence-electron chi connectivity index (χ1n) is 7.67. The molecule has 2 rings (SSSR count). The highest BCUT2D eigenvalue weighted by Crippen LogP contribution is 2.34. The van der Waals surface area contributed by atoms with E-state index in [2.05, 4.69) is 24.1 Å². The minimum atomic E-state index is 0. The molecule has 2 fully saturated rings. The molecule has 2 heterocycles. The third kappa shape index (κ3) is 4.35. The molecule has 0 saturated carbocycles. The Labute approximate surface area is 123 Å². The molecule has 0 aromatic carbocycles. The summed E-state index contributed by atoms with van der Waals surface area (Å²) in [5.41, 5.74) is 0.358. The van der Waals surface area contributed by atoms with Crippen LogP contribution in [-0.4, -0.2) is 36.5 Å². The molecule has 112 valence electrons. The van der Waals surface area contributed by atoms with Gasteiger partial charge in [-0.25, -0.2) is 0 Å². The zero-order valence-electron chi connectivity index (χ0n) is 12.4. The minimum Gasteiger partial charge on any atom is -0.341 e. The van der Waals surface area contributed by atoms with Gasteiger partial charge in [-0.15, -0.1) is 12.4 Å². The second-order valence-corrected chi connectivity index (χ2v) is 6.43. The van der Waals surface area contributed by atoms with Gasteiger partial charge in [-0.2, -0.15) is 0 Å². The highest BCUT2D eigenvalue weighted by molar-refractivity contribution is 5.85. The summed E-state index contributed by atoms with van der Waals surface area (Å²) in [6.45, 7) is 7.55. The van der Waals surface area contributed by atoms with Gasteiger partial charge < -0.3 is 10.2 Å². The van der Waals surface area contributed by atoms with Crippen molar-refractivity contribution in [3.63, 3.8) is 0 Å². The third-order valence-electron chi connectivity index (χ3n) is 4.55.